The summed E-state index contributed by atoms with van der Waals surface area (Å²) < 4.78 is 0. The van der Waals surface area contributed by atoms with Crippen LogP contribution in [0.4, 0.5) is 0 Å². The van der Waals surface area contributed by atoms with Gasteiger partial charge in [-0.05, 0) is 66.2 Å². The molecule has 0 spiro atoms. The number of hydrogen-bond donors (Lipinski definition) is 0. The first-order chi connectivity index (χ1) is 14.2. The minimum absolute atomic E-state index is 0.298. The zero-order chi connectivity index (χ0) is 22.0. The number of nitrogens with zero attached hydrogens (tertiary/aromatic N) is 2. The Labute approximate surface area is 182 Å². The first-order valence-electron chi connectivity index (χ1n) is 11.6. The monoisotopic (exact) mass is 402 g/mol. The normalized spacial score (nSPS) is 12.8. The van der Waals surface area contributed by atoms with Crippen molar-refractivity contribution in [3.05, 3.63) is 53.0 Å². The summed E-state index contributed by atoms with van der Waals surface area (Å²) in [7, 11) is 0. The van der Waals surface area contributed by atoms with Gasteiger partial charge >= 0.3 is 0 Å². The molecule has 30 heavy (non-hydrogen) atoms. The van der Waals surface area contributed by atoms with E-state index in [9.17, 15) is 0 Å². The number of aromatic nitrogens is 2. The van der Waals surface area contributed by atoms with Gasteiger partial charge in [0.2, 0.25) is 0 Å². The molecule has 160 valence electrons. The molecule has 2 nitrogen and oxygen atoms in total. The second-order valence-electron chi connectivity index (χ2n) is 9.89. The van der Waals surface area contributed by atoms with Crippen molar-refractivity contribution in [3.63, 3.8) is 0 Å². The predicted octanol–water partition coefficient (Wildman–Crippen LogP) is 8.12. The second kappa shape index (κ2) is 9.29. The Balaban J connectivity index is 2.42. The summed E-state index contributed by atoms with van der Waals surface area (Å²) >= 11 is 0. The fourth-order valence-corrected chi connectivity index (χ4v) is 4.38. The zero-order valence-electron chi connectivity index (χ0n) is 20.1. The molecule has 0 saturated heterocycles. The van der Waals surface area contributed by atoms with Gasteiger partial charge < -0.3 is 0 Å². The van der Waals surface area contributed by atoms with Crippen LogP contribution in [0.3, 0.4) is 0 Å². The van der Waals surface area contributed by atoms with Crippen molar-refractivity contribution in [3.8, 4) is 0 Å². The standard InChI is InChI=1S/C28H38N2/c1-9-10-20(8)26-24-12-11-22-15-21(13-17(2)3)16-23(14-18(4)5)25(22)27(24)30-28(29-26)19(6)7/h10-12,15-19H,9,13-14H2,1-8H3/b20-10+. The molecule has 0 amide bonds. The first kappa shape index (κ1) is 22.5. The fraction of sp³-hybridized carbons (Fsp3) is 0.500. The highest BCUT2D eigenvalue weighted by molar-refractivity contribution is 6.09. The molecule has 0 atom stereocenters. The minimum Gasteiger partial charge on any atom is -0.232 e. The van der Waals surface area contributed by atoms with Gasteiger partial charge in [0.25, 0.3) is 0 Å². The van der Waals surface area contributed by atoms with E-state index in [0.717, 1.165) is 36.3 Å². The van der Waals surface area contributed by atoms with Crippen LogP contribution in [0.2, 0.25) is 0 Å². The Bertz CT molecular complexity index is 1070. The van der Waals surface area contributed by atoms with Gasteiger partial charge in [-0.15, -0.1) is 0 Å². The summed E-state index contributed by atoms with van der Waals surface area (Å²) in [5.41, 5.74) is 6.33. The maximum absolute atomic E-state index is 5.13. The lowest BCUT2D eigenvalue weighted by Gasteiger charge is -2.17. The fourth-order valence-electron chi connectivity index (χ4n) is 4.38. The molecule has 3 rings (SSSR count). The van der Waals surface area contributed by atoms with Gasteiger partial charge in [-0.25, -0.2) is 9.97 Å². The van der Waals surface area contributed by atoms with Gasteiger partial charge in [0.15, 0.2) is 0 Å². The Morgan fingerprint density at radius 1 is 0.933 bits per heavy atom. The molecular weight excluding hydrogens is 364 g/mol. The molecule has 0 unspecified atom stereocenters. The van der Waals surface area contributed by atoms with Crippen molar-refractivity contribution >= 4 is 27.2 Å². The van der Waals surface area contributed by atoms with Gasteiger partial charge in [0.1, 0.15) is 5.82 Å². The number of hydrogen-bond acceptors (Lipinski definition) is 2. The Morgan fingerprint density at radius 2 is 1.63 bits per heavy atom. The summed E-state index contributed by atoms with van der Waals surface area (Å²) in [5.74, 6) is 2.49. The van der Waals surface area contributed by atoms with Crippen LogP contribution in [0.5, 0.6) is 0 Å². The third-order valence-corrected chi connectivity index (χ3v) is 5.61. The zero-order valence-corrected chi connectivity index (χ0v) is 20.1. The summed E-state index contributed by atoms with van der Waals surface area (Å²) in [6, 6.07) is 9.34. The van der Waals surface area contributed by atoms with Crippen molar-refractivity contribution in [2.75, 3.05) is 0 Å². The molecule has 1 aromatic heterocycles. The number of fused-ring (bicyclic) bond motifs is 3. The van der Waals surface area contributed by atoms with E-state index >= 15 is 0 Å². The molecule has 0 saturated carbocycles. The van der Waals surface area contributed by atoms with Crippen LogP contribution < -0.4 is 0 Å². The number of rotatable bonds is 7. The van der Waals surface area contributed by atoms with E-state index in [0.29, 0.717) is 17.8 Å². The molecule has 3 aromatic rings. The van der Waals surface area contributed by atoms with Gasteiger partial charge in [0.05, 0.1) is 11.2 Å². The van der Waals surface area contributed by atoms with E-state index in [1.54, 1.807) is 0 Å². The highest BCUT2D eigenvalue weighted by Gasteiger charge is 2.17. The maximum Gasteiger partial charge on any atom is 0.132 e. The van der Waals surface area contributed by atoms with E-state index in [1.807, 2.05) is 0 Å². The lowest BCUT2D eigenvalue weighted by Crippen LogP contribution is -2.05. The second-order valence-corrected chi connectivity index (χ2v) is 9.89. The molecule has 0 radical (unpaired) electrons. The lowest BCUT2D eigenvalue weighted by atomic mass is 9.90. The minimum atomic E-state index is 0.298. The molecule has 0 aliphatic heterocycles. The van der Waals surface area contributed by atoms with Crippen LogP contribution in [0, 0.1) is 11.8 Å². The third kappa shape index (κ3) is 4.74. The van der Waals surface area contributed by atoms with E-state index in [1.165, 1.54) is 32.9 Å². The Hall–Kier alpha value is -2.22. The van der Waals surface area contributed by atoms with Crippen LogP contribution in [0.1, 0.15) is 90.4 Å². The van der Waals surface area contributed by atoms with E-state index < -0.39 is 0 Å². The largest absolute Gasteiger partial charge is 0.232 e. The number of allylic oxidation sites excluding steroid dienone is 2. The molecular formula is C28H38N2. The van der Waals surface area contributed by atoms with Gasteiger partial charge in [0, 0.05) is 16.7 Å². The van der Waals surface area contributed by atoms with Crippen LogP contribution in [-0.2, 0) is 12.8 Å². The van der Waals surface area contributed by atoms with E-state index in [-0.39, 0.29) is 0 Å². The van der Waals surface area contributed by atoms with Gasteiger partial charge in [-0.2, -0.15) is 0 Å². The van der Waals surface area contributed by atoms with Crippen molar-refractivity contribution in [1.29, 1.82) is 0 Å². The molecule has 2 aromatic carbocycles. The Kier molecular flexibility index (Phi) is 6.95. The molecule has 0 bridgehead atoms. The highest BCUT2D eigenvalue weighted by atomic mass is 14.9. The van der Waals surface area contributed by atoms with Crippen LogP contribution in [0.15, 0.2) is 30.3 Å². The van der Waals surface area contributed by atoms with E-state index in [2.05, 4.69) is 85.7 Å². The highest BCUT2D eigenvalue weighted by Crippen LogP contribution is 2.34. The van der Waals surface area contributed by atoms with Crippen molar-refractivity contribution in [2.45, 2.75) is 80.6 Å². The molecule has 1 heterocycles. The smallest absolute Gasteiger partial charge is 0.132 e. The summed E-state index contributed by atoms with van der Waals surface area (Å²) in [4.78, 5) is 10.1. The molecule has 0 N–H and O–H groups in total. The van der Waals surface area contributed by atoms with Crippen LogP contribution >= 0.6 is 0 Å². The average Bonchev–Trinajstić information content (AvgIpc) is 2.65. The summed E-state index contributed by atoms with van der Waals surface area (Å²) in [6.07, 6.45) is 5.47. The SMILES string of the molecule is CC/C=C(\C)c1nc(C(C)C)nc2c1ccc1cc(CC(C)C)cc(CC(C)C)c12. The third-order valence-electron chi connectivity index (χ3n) is 5.61. The summed E-state index contributed by atoms with van der Waals surface area (Å²) in [6.45, 7) is 17.9. The van der Waals surface area contributed by atoms with Crippen LogP contribution in [-0.4, -0.2) is 9.97 Å². The predicted molar refractivity (Wildman–Crippen MR) is 132 cm³/mol. The number of benzene rings is 2. The van der Waals surface area contributed by atoms with Gasteiger partial charge in [-0.1, -0.05) is 72.7 Å². The quantitative estimate of drug-likeness (QED) is 0.373. The molecule has 0 aliphatic carbocycles. The molecule has 0 fully saturated rings. The molecule has 2 heteroatoms. The summed E-state index contributed by atoms with van der Waals surface area (Å²) in [5, 5.41) is 3.81. The maximum atomic E-state index is 5.13. The van der Waals surface area contributed by atoms with Crippen molar-refractivity contribution in [1.82, 2.24) is 9.97 Å². The topological polar surface area (TPSA) is 25.8 Å². The molecule has 0 aliphatic rings. The van der Waals surface area contributed by atoms with E-state index in [4.69, 9.17) is 9.97 Å². The first-order valence-corrected chi connectivity index (χ1v) is 11.6. The van der Waals surface area contributed by atoms with Gasteiger partial charge in [-0.3, -0.25) is 0 Å². The average molecular weight is 403 g/mol. The van der Waals surface area contributed by atoms with Crippen molar-refractivity contribution < 1.29 is 0 Å². The van der Waals surface area contributed by atoms with Crippen molar-refractivity contribution in [2.24, 2.45) is 11.8 Å². The lowest BCUT2D eigenvalue weighted by molar-refractivity contribution is 0.638. The van der Waals surface area contributed by atoms with Crippen LogP contribution in [0.25, 0.3) is 27.2 Å². The Morgan fingerprint density at radius 3 is 2.23 bits per heavy atom.